The Balaban J connectivity index is 1.86. The quantitative estimate of drug-likeness (QED) is 0.752. The minimum atomic E-state index is 0.179. The smallest absolute Gasteiger partial charge is 0.189 e. The third kappa shape index (κ3) is 2.26. The number of methoxy groups -OCH3 is 1. The number of fused-ring (bicyclic) bond motifs is 1. The van der Waals surface area contributed by atoms with E-state index in [1.807, 2.05) is 42.5 Å². The molecule has 0 N–H and O–H groups in total. The Kier molecular flexibility index (Phi) is 3.08. The lowest BCUT2D eigenvalue weighted by atomic mass is 10.00. The van der Waals surface area contributed by atoms with Crippen LogP contribution < -0.4 is 0 Å². The summed E-state index contributed by atoms with van der Waals surface area (Å²) in [7, 11) is 1.69. The van der Waals surface area contributed by atoms with E-state index in [2.05, 4.69) is 0 Å². The molecular formula is C17H16O2. The predicted octanol–water partition coefficient (Wildman–Crippen LogP) is 3.60. The van der Waals surface area contributed by atoms with Crippen molar-refractivity contribution in [2.45, 2.75) is 19.3 Å². The van der Waals surface area contributed by atoms with Crippen LogP contribution in [0.1, 0.15) is 28.8 Å². The molecule has 2 aliphatic carbocycles. The summed E-state index contributed by atoms with van der Waals surface area (Å²) in [4.78, 5) is 12.3. The lowest BCUT2D eigenvalue weighted by Crippen LogP contribution is -1.98. The van der Waals surface area contributed by atoms with Gasteiger partial charge in [0.15, 0.2) is 5.78 Å². The standard InChI is InChI=1S/C17H16O2/c1-19-15-8-6-12(7-9-15)10-14-11-13-4-2-3-5-16(13)17(14)18/h2-6,8,10H,7,9,11H2,1H3/b14-10+. The molecule has 2 heteroatoms. The van der Waals surface area contributed by atoms with Crippen molar-refractivity contribution in [1.29, 1.82) is 0 Å². The fourth-order valence-electron chi connectivity index (χ4n) is 2.62. The lowest BCUT2D eigenvalue weighted by Gasteiger charge is -2.11. The largest absolute Gasteiger partial charge is 0.501 e. The second kappa shape index (κ2) is 4.88. The molecule has 0 atom stereocenters. The van der Waals surface area contributed by atoms with Crippen molar-refractivity contribution in [3.8, 4) is 0 Å². The van der Waals surface area contributed by atoms with Crippen molar-refractivity contribution in [3.05, 3.63) is 70.5 Å². The number of hydrogen-bond acceptors (Lipinski definition) is 2. The monoisotopic (exact) mass is 252 g/mol. The van der Waals surface area contributed by atoms with Crippen LogP contribution >= 0.6 is 0 Å². The number of hydrogen-bond donors (Lipinski definition) is 0. The van der Waals surface area contributed by atoms with Crippen molar-refractivity contribution >= 4 is 5.78 Å². The van der Waals surface area contributed by atoms with Crippen molar-refractivity contribution in [3.63, 3.8) is 0 Å². The van der Waals surface area contributed by atoms with Crippen LogP contribution in [0, 0.1) is 0 Å². The summed E-state index contributed by atoms with van der Waals surface area (Å²) in [5, 5.41) is 0. The second-order valence-corrected chi connectivity index (χ2v) is 4.91. The number of carbonyl (C=O) groups excluding carboxylic acids is 1. The van der Waals surface area contributed by atoms with Crippen LogP contribution in [0.4, 0.5) is 0 Å². The van der Waals surface area contributed by atoms with Gasteiger partial charge in [0.25, 0.3) is 0 Å². The summed E-state index contributed by atoms with van der Waals surface area (Å²) in [6, 6.07) is 7.86. The Hall–Kier alpha value is -2.09. The normalized spacial score (nSPS) is 20.1. The molecule has 0 heterocycles. The molecule has 0 amide bonds. The fourth-order valence-corrected chi connectivity index (χ4v) is 2.62. The van der Waals surface area contributed by atoms with Gasteiger partial charge in [-0.25, -0.2) is 0 Å². The van der Waals surface area contributed by atoms with Crippen molar-refractivity contribution in [2.75, 3.05) is 7.11 Å². The van der Waals surface area contributed by atoms with E-state index in [9.17, 15) is 4.79 Å². The van der Waals surface area contributed by atoms with Gasteiger partial charge in [0.05, 0.1) is 12.9 Å². The Labute approximate surface area is 113 Å². The molecule has 1 aromatic carbocycles. The maximum absolute atomic E-state index is 12.3. The van der Waals surface area contributed by atoms with Gasteiger partial charge in [-0.1, -0.05) is 36.4 Å². The van der Waals surface area contributed by atoms with E-state index in [-0.39, 0.29) is 5.78 Å². The molecule has 19 heavy (non-hydrogen) atoms. The number of ketones is 1. The van der Waals surface area contributed by atoms with Crippen LogP contribution in [-0.2, 0) is 11.2 Å². The molecule has 0 unspecified atom stereocenters. The van der Waals surface area contributed by atoms with Gasteiger partial charge in [0.2, 0.25) is 0 Å². The number of Topliss-reactive ketones (excluding diaryl/α,β-unsaturated/α-hetero) is 1. The first-order chi connectivity index (χ1) is 9.28. The van der Waals surface area contributed by atoms with Crippen LogP contribution in [-0.4, -0.2) is 12.9 Å². The van der Waals surface area contributed by atoms with Gasteiger partial charge in [0, 0.05) is 24.0 Å². The van der Waals surface area contributed by atoms with Gasteiger partial charge in [-0.05, 0) is 23.6 Å². The molecule has 0 aliphatic heterocycles. The Bertz CT molecular complexity index is 618. The van der Waals surface area contributed by atoms with Crippen LogP contribution in [0.2, 0.25) is 0 Å². The van der Waals surface area contributed by atoms with Crippen molar-refractivity contribution in [2.24, 2.45) is 0 Å². The molecule has 0 radical (unpaired) electrons. The SMILES string of the molecule is COC1=CC=C(/C=C2\Cc3ccccc3C2=O)CC1. The lowest BCUT2D eigenvalue weighted by molar-refractivity contribution is 0.103. The third-order valence-corrected chi connectivity index (χ3v) is 3.70. The van der Waals surface area contributed by atoms with Crippen molar-refractivity contribution in [1.82, 2.24) is 0 Å². The van der Waals surface area contributed by atoms with Crippen LogP contribution in [0.5, 0.6) is 0 Å². The molecule has 2 aliphatic rings. The van der Waals surface area contributed by atoms with E-state index < -0.39 is 0 Å². The zero-order valence-electron chi connectivity index (χ0n) is 11.0. The molecule has 0 saturated carbocycles. The molecular weight excluding hydrogens is 236 g/mol. The highest BCUT2D eigenvalue weighted by Gasteiger charge is 2.24. The zero-order chi connectivity index (χ0) is 13.2. The highest BCUT2D eigenvalue weighted by Crippen LogP contribution is 2.28. The van der Waals surface area contributed by atoms with E-state index in [1.54, 1.807) is 7.11 Å². The Morgan fingerprint density at radius 2 is 2.00 bits per heavy atom. The highest BCUT2D eigenvalue weighted by atomic mass is 16.5. The zero-order valence-corrected chi connectivity index (χ0v) is 11.0. The summed E-state index contributed by atoms with van der Waals surface area (Å²) >= 11 is 0. The summed E-state index contributed by atoms with van der Waals surface area (Å²) in [6.07, 6.45) is 8.69. The predicted molar refractivity (Wildman–Crippen MR) is 75.0 cm³/mol. The summed E-state index contributed by atoms with van der Waals surface area (Å²) < 4.78 is 5.21. The Morgan fingerprint density at radius 1 is 1.16 bits per heavy atom. The highest BCUT2D eigenvalue weighted by molar-refractivity contribution is 6.13. The summed E-state index contributed by atoms with van der Waals surface area (Å²) in [5.74, 6) is 1.18. The first-order valence-electron chi connectivity index (χ1n) is 6.55. The maximum atomic E-state index is 12.3. The number of ether oxygens (including phenoxy) is 1. The van der Waals surface area contributed by atoms with Gasteiger partial charge in [-0.15, -0.1) is 0 Å². The molecule has 0 saturated heterocycles. The van der Waals surface area contributed by atoms with Crippen LogP contribution in [0.25, 0.3) is 0 Å². The van der Waals surface area contributed by atoms with Crippen LogP contribution in [0.15, 0.2) is 59.4 Å². The molecule has 0 fully saturated rings. The first kappa shape index (κ1) is 12.0. The van der Waals surface area contributed by atoms with E-state index in [4.69, 9.17) is 4.74 Å². The fraction of sp³-hybridized carbons (Fsp3) is 0.235. The number of carbonyl (C=O) groups is 1. The molecule has 96 valence electrons. The molecule has 0 spiro atoms. The number of allylic oxidation sites excluding steroid dienone is 6. The Morgan fingerprint density at radius 3 is 2.68 bits per heavy atom. The minimum absolute atomic E-state index is 0.179. The average molecular weight is 252 g/mol. The number of benzene rings is 1. The maximum Gasteiger partial charge on any atom is 0.189 e. The van der Waals surface area contributed by atoms with E-state index in [1.165, 1.54) is 5.57 Å². The first-order valence-corrected chi connectivity index (χ1v) is 6.55. The van der Waals surface area contributed by atoms with Crippen LogP contribution in [0.3, 0.4) is 0 Å². The average Bonchev–Trinajstić information content (AvgIpc) is 2.77. The van der Waals surface area contributed by atoms with E-state index >= 15 is 0 Å². The number of rotatable bonds is 2. The molecule has 2 nitrogen and oxygen atoms in total. The topological polar surface area (TPSA) is 26.3 Å². The van der Waals surface area contributed by atoms with Gasteiger partial charge >= 0.3 is 0 Å². The third-order valence-electron chi connectivity index (χ3n) is 3.70. The van der Waals surface area contributed by atoms with Crippen molar-refractivity contribution < 1.29 is 9.53 Å². The van der Waals surface area contributed by atoms with Gasteiger partial charge in [0.1, 0.15) is 0 Å². The van der Waals surface area contributed by atoms with Gasteiger partial charge < -0.3 is 4.74 Å². The summed E-state index contributed by atoms with van der Waals surface area (Å²) in [6.45, 7) is 0. The second-order valence-electron chi connectivity index (χ2n) is 4.91. The molecule has 3 rings (SSSR count). The summed E-state index contributed by atoms with van der Waals surface area (Å²) in [5.41, 5.74) is 4.11. The van der Waals surface area contributed by atoms with Gasteiger partial charge in [-0.3, -0.25) is 4.79 Å². The molecule has 0 aromatic heterocycles. The van der Waals surface area contributed by atoms with E-state index in [0.717, 1.165) is 41.7 Å². The van der Waals surface area contributed by atoms with Gasteiger partial charge in [-0.2, -0.15) is 0 Å². The molecule has 0 bridgehead atoms. The molecule has 1 aromatic rings. The van der Waals surface area contributed by atoms with E-state index in [0.29, 0.717) is 0 Å². The minimum Gasteiger partial charge on any atom is -0.501 e.